The summed E-state index contributed by atoms with van der Waals surface area (Å²) in [5, 5.41) is 2.31. The molecule has 0 unspecified atom stereocenters. The molecule has 1 aliphatic rings. The summed E-state index contributed by atoms with van der Waals surface area (Å²) in [6.07, 6.45) is 3.77. The standard InChI is InChI=1S/C29H25NO2/c1-18-6-11-27(12-7-18)30-20(3)14-25(21(30)4)16-26-17-28(32-29(26)31)24-10-9-22-13-19(2)5-8-23(22)15-24/h5-17H,1-4H3/b26-16-. The summed E-state index contributed by atoms with van der Waals surface area (Å²) in [6, 6.07) is 23.1. The van der Waals surface area contributed by atoms with Gasteiger partial charge >= 0.3 is 5.97 Å². The number of carbonyl (C=O) groups excluding carboxylic acids is 1. The maximum absolute atomic E-state index is 12.6. The zero-order chi connectivity index (χ0) is 22.4. The lowest BCUT2D eigenvalue weighted by Crippen LogP contribution is -1.99. The van der Waals surface area contributed by atoms with Gasteiger partial charge in [-0.1, -0.05) is 53.6 Å². The molecule has 0 amide bonds. The smallest absolute Gasteiger partial charge is 0.343 e. The fourth-order valence-corrected chi connectivity index (χ4v) is 4.34. The Labute approximate surface area is 188 Å². The minimum atomic E-state index is -0.316. The molecule has 0 N–H and O–H groups in total. The highest BCUT2D eigenvalue weighted by Crippen LogP contribution is 2.31. The molecule has 3 nitrogen and oxygen atoms in total. The molecule has 0 fully saturated rings. The van der Waals surface area contributed by atoms with Crippen molar-refractivity contribution in [2.75, 3.05) is 0 Å². The molecule has 2 heterocycles. The molecule has 158 valence electrons. The summed E-state index contributed by atoms with van der Waals surface area (Å²) >= 11 is 0. The van der Waals surface area contributed by atoms with Crippen LogP contribution in [0.15, 0.2) is 78.4 Å². The van der Waals surface area contributed by atoms with Crippen molar-refractivity contribution in [1.82, 2.24) is 4.57 Å². The monoisotopic (exact) mass is 419 g/mol. The van der Waals surface area contributed by atoms with E-state index in [-0.39, 0.29) is 5.97 Å². The van der Waals surface area contributed by atoms with Crippen LogP contribution in [0.4, 0.5) is 0 Å². The van der Waals surface area contributed by atoms with E-state index < -0.39 is 0 Å². The van der Waals surface area contributed by atoms with Crippen LogP contribution in [-0.4, -0.2) is 10.5 Å². The number of hydrogen-bond acceptors (Lipinski definition) is 2. The van der Waals surface area contributed by atoms with Gasteiger partial charge in [0.1, 0.15) is 5.76 Å². The number of ether oxygens (including phenoxy) is 1. The molecule has 1 aliphatic heterocycles. The summed E-state index contributed by atoms with van der Waals surface area (Å²) in [5.74, 6) is 0.278. The van der Waals surface area contributed by atoms with Crippen LogP contribution < -0.4 is 0 Å². The van der Waals surface area contributed by atoms with Crippen LogP contribution in [-0.2, 0) is 9.53 Å². The first-order valence-electron chi connectivity index (χ1n) is 10.8. The van der Waals surface area contributed by atoms with Gasteiger partial charge < -0.3 is 9.30 Å². The average molecular weight is 420 g/mol. The highest BCUT2D eigenvalue weighted by molar-refractivity contribution is 6.05. The van der Waals surface area contributed by atoms with Gasteiger partial charge in [0.15, 0.2) is 0 Å². The Kier molecular flexibility index (Phi) is 4.82. The number of nitrogens with zero attached hydrogens (tertiary/aromatic N) is 1. The minimum absolute atomic E-state index is 0.316. The van der Waals surface area contributed by atoms with Gasteiger partial charge in [0.05, 0.1) is 5.57 Å². The SMILES string of the molecule is Cc1ccc(-n2c(C)cc(/C=C3/C=C(c4ccc5cc(C)ccc5c4)OC3=O)c2C)cc1. The van der Waals surface area contributed by atoms with Crippen molar-refractivity contribution in [1.29, 1.82) is 0 Å². The summed E-state index contributed by atoms with van der Waals surface area (Å²) in [4.78, 5) is 12.6. The quantitative estimate of drug-likeness (QED) is 0.269. The van der Waals surface area contributed by atoms with Crippen LogP contribution >= 0.6 is 0 Å². The van der Waals surface area contributed by atoms with Crippen LogP contribution in [0, 0.1) is 27.7 Å². The third kappa shape index (κ3) is 3.56. The largest absolute Gasteiger partial charge is 0.422 e. The van der Waals surface area contributed by atoms with E-state index in [1.54, 1.807) is 0 Å². The minimum Gasteiger partial charge on any atom is -0.422 e. The topological polar surface area (TPSA) is 31.2 Å². The van der Waals surface area contributed by atoms with E-state index in [2.05, 4.69) is 92.9 Å². The van der Waals surface area contributed by atoms with E-state index in [0.29, 0.717) is 11.3 Å². The molecular weight excluding hydrogens is 394 g/mol. The van der Waals surface area contributed by atoms with Crippen molar-refractivity contribution in [3.05, 3.63) is 112 Å². The van der Waals surface area contributed by atoms with Crippen molar-refractivity contribution < 1.29 is 9.53 Å². The summed E-state index contributed by atoms with van der Waals surface area (Å²) < 4.78 is 7.84. The predicted molar refractivity (Wildman–Crippen MR) is 131 cm³/mol. The number of carbonyl (C=O) groups is 1. The molecule has 4 aromatic rings. The van der Waals surface area contributed by atoms with E-state index in [0.717, 1.165) is 33.6 Å². The molecule has 3 heteroatoms. The van der Waals surface area contributed by atoms with Gasteiger partial charge in [-0.05, 0) is 80.4 Å². The number of hydrogen-bond donors (Lipinski definition) is 0. The fourth-order valence-electron chi connectivity index (χ4n) is 4.34. The highest BCUT2D eigenvalue weighted by atomic mass is 16.5. The van der Waals surface area contributed by atoms with E-state index in [1.807, 2.05) is 18.2 Å². The maximum Gasteiger partial charge on any atom is 0.343 e. The molecule has 0 saturated heterocycles. The third-order valence-corrected chi connectivity index (χ3v) is 6.08. The molecule has 0 atom stereocenters. The van der Waals surface area contributed by atoms with Crippen LogP contribution in [0.1, 0.15) is 33.6 Å². The zero-order valence-corrected chi connectivity index (χ0v) is 18.8. The molecule has 0 bridgehead atoms. The molecular formula is C29H25NO2. The Morgan fingerprint density at radius 2 is 1.47 bits per heavy atom. The first-order chi connectivity index (χ1) is 15.4. The van der Waals surface area contributed by atoms with Crippen LogP contribution in [0.5, 0.6) is 0 Å². The molecule has 5 rings (SSSR count). The van der Waals surface area contributed by atoms with E-state index >= 15 is 0 Å². The Balaban J connectivity index is 1.51. The Morgan fingerprint density at radius 1 is 0.781 bits per heavy atom. The number of fused-ring (bicyclic) bond motifs is 1. The normalized spacial score (nSPS) is 14.8. The lowest BCUT2D eigenvalue weighted by Gasteiger charge is -2.10. The van der Waals surface area contributed by atoms with E-state index in [9.17, 15) is 4.79 Å². The van der Waals surface area contributed by atoms with Gasteiger partial charge in [-0.2, -0.15) is 0 Å². The average Bonchev–Trinajstić information content (AvgIpc) is 3.27. The Morgan fingerprint density at radius 3 is 2.25 bits per heavy atom. The maximum atomic E-state index is 12.6. The molecule has 32 heavy (non-hydrogen) atoms. The summed E-state index contributed by atoms with van der Waals surface area (Å²) in [5.41, 5.74) is 8.27. The van der Waals surface area contributed by atoms with Crippen molar-refractivity contribution in [2.24, 2.45) is 0 Å². The summed E-state index contributed by atoms with van der Waals surface area (Å²) in [6.45, 7) is 8.33. The highest BCUT2D eigenvalue weighted by Gasteiger charge is 2.23. The first kappa shape index (κ1) is 20.1. The van der Waals surface area contributed by atoms with Crippen LogP contribution in [0.2, 0.25) is 0 Å². The van der Waals surface area contributed by atoms with Gasteiger partial charge in [-0.15, -0.1) is 0 Å². The first-order valence-corrected chi connectivity index (χ1v) is 10.8. The molecule has 0 radical (unpaired) electrons. The number of esters is 1. The Hall–Kier alpha value is -3.85. The molecule has 0 spiro atoms. The molecule has 0 saturated carbocycles. The lowest BCUT2D eigenvalue weighted by atomic mass is 10.0. The van der Waals surface area contributed by atoms with Crippen molar-refractivity contribution >= 4 is 28.6 Å². The van der Waals surface area contributed by atoms with Crippen LogP contribution in [0.25, 0.3) is 28.3 Å². The molecule has 1 aromatic heterocycles. The molecule has 3 aromatic carbocycles. The Bertz CT molecular complexity index is 1430. The van der Waals surface area contributed by atoms with E-state index in [4.69, 9.17) is 4.74 Å². The van der Waals surface area contributed by atoms with Crippen LogP contribution in [0.3, 0.4) is 0 Å². The lowest BCUT2D eigenvalue weighted by molar-refractivity contribution is -0.130. The summed E-state index contributed by atoms with van der Waals surface area (Å²) in [7, 11) is 0. The van der Waals surface area contributed by atoms with Gasteiger partial charge in [-0.3, -0.25) is 0 Å². The van der Waals surface area contributed by atoms with Gasteiger partial charge in [-0.25, -0.2) is 4.79 Å². The zero-order valence-electron chi connectivity index (χ0n) is 18.8. The number of rotatable bonds is 3. The van der Waals surface area contributed by atoms with Gasteiger partial charge in [0, 0.05) is 22.6 Å². The number of aromatic nitrogens is 1. The fraction of sp³-hybridized carbons (Fsp3) is 0.138. The number of benzene rings is 3. The second kappa shape index (κ2) is 7.69. The van der Waals surface area contributed by atoms with Crippen molar-refractivity contribution in [2.45, 2.75) is 27.7 Å². The van der Waals surface area contributed by atoms with E-state index in [1.165, 1.54) is 16.5 Å². The third-order valence-electron chi connectivity index (χ3n) is 6.08. The molecule has 0 aliphatic carbocycles. The van der Waals surface area contributed by atoms with Gasteiger partial charge in [0.2, 0.25) is 0 Å². The number of aryl methyl sites for hydroxylation is 3. The second-order valence-corrected chi connectivity index (χ2v) is 8.56. The number of cyclic esters (lactones) is 1. The second-order valence-electron chi connectivity index (χ2n) is 8.56. The van der Waals surface area contributed by atoms with Crippen molar-refractivity contribution in [3.63, 3.8) is 0 Å². The predicted octanol–water partition coefficient (Wildman–Crippen LogP) is 6.85. The van der Waals surface area contributed by atoms with Crippen molar-refractivity contribution in [3.8, 4) is 5.69 Å². The van der Waals surface area contributed by atoms with Gasteiger partial charge in [0.25, 0.3) is 0 Å².